The highest BCUT2D eigenvalue weighted by Crippen LogP contribution is 2.47. The third-order valence-electron chi connectivity index (χ3n) is 20.9. The zero-order valence-electron chi connectivity index (χ0n) is 54.6. The van der Waals surface area contributed by atoms with Crippen LogP contribution in [0.25, 0.3) is 211 Å². The fraction of sp³-hybridized carbons (Fsp3) is 0. The van der Waals surface area contributed by atoms with Crippen molar-refractivity contribution in [3.8, 4) is 84.6 Å². The maximum atomic E-state index is 5.57. The molecule has 102 heavy (non-hydrogen) atoms. The minimum Gasteiger partial charge on any atom is -0.309 e. The second-order valence-electron chi connectivity index (χ2n) is 26.5. The SMILES string of the molecule is c1cc(-c2nc(-c3cccc(-n4c5ccccc5c5c(-c6ccc7sc8ccccc8c7c6)cccc54)c3)nc(-c3cccc(-n4c5ccccc5c5c(-c6ccc7sc8ccccc8c7c6)cccc54)c3)n2)cc(-n2c3ccccc3c3c(-c4ccc5sc6ccccc6c5c4)cccc32)c1. The molecule has 0 radical (unpaired) electrons. The number of thiophene rings is 3. The van der Waals surface area contributed by atoms with E-state index in [4.69, 9.17) is 15.0 Å². The van der Waals surface area contributed by atoms with Crippen molar-refractivity contribution in [1.82, 2.24) is 28.7 Å². The second-order valence-corrected chi connectivity index (χ2v) is 29.8. The summed E-state index contributed by atoms with van der Waals surface area (Å²) in [6.07, 6.45) is 0. The van der Waals surface area contributed by atoms with Crippen molar-refractivity contribution < 1.29 is 0 Å². The topological polar surface area (TPSA) is 53.5 Å². The summed E-state index contributed by atoms with van der Waals surface area (Å²) < 4.78 is 15.0. The molecular weight excluding hydrogens is 1300 g/mol. The van der Waals surface area contributed by atoms with Crippen molar-refractivity contribution in [1.29, 1.82) is 0 Å². The molecule has 22 rings (SSSR count). The molecule has 7 aromatic heterocycles. The summed E-state index contributed by atoms with van der Waals surface area (Å²) >= 11 is 5.56. The van der Waals surface area contributed by atoms with Crippen LogP contribution >= 0.6 is 34.0 Å². The van der Waals surface area contributed by atoms with Crippen LogP contribution in [0.5, 0.6) is 0 Å². The Balaban J connectivity index is 0.716. The number of nitrogens with zero attached hydrogens (tertiary/aromatic N) is 6. The molecule has 7 heterocycles. The van der Waals surface area contributed by atoms with E-state index in [-0.39, 0.29) is 0 Å². The predicted octanol–water partition coefficient (Wildman–Crippen LogP) is 26.3. The van der Waals surface area contributed by atoms with Gasteiger partial charge in [-0.3, -0.25) is 0 Å². The zero-order chi connectivity index (χ0) is 66.7. The van der Waals surface area contributed by atoms with Crippen LogP contribution in [0.15, 0.2) is 328 Å². The van der Waals surface area contributed by atoms with E-state index in [1.165, 1.54) is 126 Å². The normalized spacial score (nSPS) is 12.1. The van der Waals surface area contributed by atoms with Gasteiger partial charge in [-0.15, -0.1) is 34.0 Å². The van der Waals surface area contributed by atoms with Gasteiger partial charge in [0.05, 0.1) is 33.1 Å². The van der Waals surface area contributed by atoms with Crippen molar-refractivity contribution >= 4 is 160 Å². The summed E-state index contributed by atoms with van der Waals surface area (Å²) in [5.74, 6) is 1.71. The van der Waals surface area contributed by atoms with Gasteiger partial charge >= 0.3 is 0 Å². The summed E-state index contributed by atoms with van der Waals surface area (Å²) in [6, 6.07) is 120. The van der Waals surface area contributed by atoms with Crippen LogP contribution in [0.2, 0.25) is 0 Å². The van der Waals surface area contributed by atoms with Gasteiger partial charge in [0, 0.05) is 127 Å². The molecule has 15 aromatic carbocycles. The van der Waals surface area contributed by atoms with E-state index in [9.17, 15) is 0 Å². The van der Waals surface area contributed by atoms with E-state index < -0.39 is 0 Å². The van der Waals surface area contributed by atoms with Crippen molar-refractivity contribution in [2.24, 2.45) is 0 Å². The molecule has 0 aliphatic carbocycles. The van der Waals surface area contributed by atoms with Crippen molar-refractivity contribution in [3.05, 3.63) is 328 Å². The van der Waals surface area contributed by atoms with E-state index in [1.807, 2.05) is 34.0 Å². The van der Waals surface area contributed by atoms with Crippen LogP contribution in [0.4, 0.5) is 0 Å². The van der Waals surface area contributed by atoms with Crippen LogP contribution in [0, 0.1) is 0 Å². The van der Waals surface area contributed by atoms with Gasteiger partial charge in [-0.05, 0) is 161 Å². The third-order valence-corrected chi connectivity index (χ3v) is 24.3. The molecule has 0 saturated heterocycles. The minimum absolute atomic E-state index is 0.569. The first-order valence-corrected chi connectivity index (χ1v) is 36.9. The van der Waals surface area contributed by atoms with E-state index in [1.54, 1.807) is 0 Å². The molecule has 0 fully saturated rings. The fourth-order valence-corrected chi connectivity index (χ4v) is 19.7. The van der Waals surface area contributed by atoms with Crippen LogP contribution in [0.1, 0.15) is 0 Å². The number of benzene rings is 15. The van der Waals surface area contributed by atoms with Crippen LogP contribution in [0.3, 0.4) is 0 Å². The fourth-order valence-electron chi connectivity index (χ4n) is 16.4. The minimum atomic E-state index is 0.569. The molecule has 0 spiro atoms. The molecule has 0 atom stereocenters. The lowest BCUT2D eigenvalue weighted by Crippen LogP contribution is -2.02. The van der Waals surface area contributed by atoms with Crippen LogP contribution < -0.4 is 0 Å². The lowest BCUT2D eigenvalue weighted by molar-refractivity contribution is 1.07. The Morgan fingerprint density at radius 2 is 0.451 bits per heavy atom. The smallest absolute Gasteiger partial charge is 0.164 e. The van der Waals surface area contributed by atoms with Crippen LogP contribution in [-0.2, 0) is 0 Å². The first-order chi connectivity index (χ1) is 50.5. The highest BCUT2D eigenvalue weighted by Gasteiger charge is 2.24. The Hall–Kier alpha value is -12.6. The quantitative estimate of drug-likeness (QED) is 0.145. The summed E-state index contributed by atoms with van der Waals surface area (Å²) in [7, 11) is 0. The van der Waals surface area contributed by atoms with E-state index in [0.717, 1.165) is 66.9 Å². The van der Waals surface area contributed by atoms with E-state index in [2.05, 4.69) is 341 Å². The Kier molecular flexibility index (Phi) is 12.6. The van der Waals surface area contributed by atoms with Gasteiger partial charge in [0.2, 0.25) is 0 Å². The Bertz CT molecular complexity index is 6600. The largest absolute Gasteiger partial charge is 0.309 e. The predicted molar refractivity (Wildman–Crippen MR) is 434 cm³/mol. The summed E-state index contributed by atoms with van der Waals surface area (Å²) in [5, 5.41) is 14.9. The summed E-state index contributed by atoms with van der Waals surface area (Å²) in [6.45, 7) is 0. The van der Waals surface area contributed by atoms with Crippen molar-refractivity contribution in [2.45, 2.75) is 0 Å². The molecule has 0 amide bonds. The monoisotopic (exact) mass is 1350 g/mol. The highest BCUT2D eigenvalue weighted by molar-refractivity contribution is 7.26. The van der Waals surface area contributed by atoms with Gasteiger partial charge in [-0.25, -0.2) is 15.0 Å². The number of hydrogen-bond donors (Lipinski definition) is 0. The summed E-state index contributed by atoms with van der Waals surface area (Å²) in [4.78, 5) is 16.7. The number of rotatable bonds is 9. The number of hydrogen-bond acceptors (Lipinski definition) is 6. The first-order valence-electron chi connectivity index (χ1n) is 34.5. The van der Waals surface area contributed by atoms with Gasteiger partial charge < -0.3 is 13.7 Å². The number of aromatic nitrogens is 6. The zero-order valence-corrected chi connectivity index (χ0v) is 57.0. The van der Waals surface area contributed by atoms with Gasteiger partial charge in [-0.2, -0.15) is 0 Å². The van der Waals surface area contributed by atoms with Gasteiger partial charge in [0.15, 0.2) is 17.5 Å². The average molecular weight is 1350 g/mol. The number of para-hydroxylation sites is 3. The molecule has 0 aliphatic rings. The molecule has 474 valence electrons. The van der Waals surface area contributed by atoms with Gasteiger partial charge in [0.1, 0.15) is 0 Å². The molecule has 9 heteroatoms. The van der Waals surface area contributed by atoms with E-state index in [0.29, 0.717) is 17.5 Å². The molecule has 0 saturated carbocycles. The molecule has 0 unspecified atom stereocenters. The van der Waals surface area contributed by atoms with Crippen molar-refractivity contribution in [3.63, 3.8) is 0 Å². The maximum Gasteiger partial charge on any atom is 0.164 e. The average Bonchev–Trinajstić information content (AvgIpc) is 1.58. The maximum absolute atomic E-state index is 5.57. The molecule has 0 N–H and O–H groups in total. The molecule has 0 bridgehead atoms. The molecule has 0 aliphatic heterocycles. The summed E-state index contributed by atoms with van der Waals surface area (Å²) in [5.41, 5.74) is 19.5. The molecule has 6 nitrogen and oxygen atoms in total. The Labute approximate surface area is 596 Å². The van der Waals surface area contributed by atoms with Gasteiger partial charge in [0.25, 0.3) is 0 Å². The molecule has 22 aromatic rings. The van der Waals surface area contributed by atoms with Crippen LogP contribution in [-0.4, -0.2) is 28.7 Å². The highest BCUT2D eigenvalue weighted by atomic mass is 32.1. The second kappa shape index (κ2) is 22.4. The van der Waals surface area contributed by atoms with E-state index >= 15 is 0 Å². The van der Waals surface area contributed by atoms with Crippen molar-refractivity contribution in [2.75, 3.05) is 0 Å². The lowest BCUT2D eigenvalue weighted by atomic mass is 9.98. The Morgan fingerprint density at radius 3 is 0.775 bits per heavy atom. The lowest BCUT2D eigenvalue weighted by Gasteiger charge is -2.14. The molecular formula is C93H54N6S3. The Morgan fingerprint density at radius 1 is 0.186 bits per heavy atom. The number of fused-ring (bicyclic) bond motifs is 18. The van der Waals surface area contributed by atoms with Gasteiger partial charge in [-0.1, -0.05) is 200 Å². The third kappa shape index (κ3) is 8.79. The standard InChI is InChI=1S/C93H54N6S3/c1-7-34-76-70(28-1)88-64(55-43-46-85-73(52-55)67-25-4-10-40-82(67)100-85)31-16-37-79(88)97(76)61-22-13-19-58(49-61)91-94-92(59-20-14-23-62(50-59)98-77-35-8-2-29-71(77)89-65(32-17-38-80(89)98)56-44-47-86-74(53-56)68-26-5-11-41-83(68)101-86)96-93(95-91)60-21-15-24-63(51-60)99-78-36-9-3-30-72(78)90-66(33-18-39-81(90)99)57-45-48-87-75(54-57)69-27-6-12-42-84(69)102-87/h1-54H. The first kappa shape index (κ1) is 57.3.